The lowest BCUT2D eigenvalue weighted by Crippen LogP contribution is -2.30. The number of nitrogens with zero attached hydrogens (tertiary/aromatic N) is 2. The maximum Gasteiger partial charge on any atom is 0.0541 e. The summed E-state index contributed by atoms with van der Waals surface area (Å²) in [5, 5.41) is 4.21. The van der Waals surface area contributed by atoms with Crippen LogP contribution in [0.25, 0.3) is 49.3 Å². The molecule has 2 aromatic heterocycles. The van der Waals surface area contributed by atoms with Crippen molar-refractivity contribution in [1.29, 1.82) is 0 Å². The molecule has 1 fully saturated rings. The fourth-order valence-corrected chi connectivity index (χ4v) is 8.30. The number of para-hydroxylation sites is 2. The van der Waals surface area contributed by atoms with Gasteiger partial charge in [0, 0.05) is 58.8 Å². The highest BCUT2D eigenvalue weighted by atomic mass is 28.3. The summed E-state index contributed by atoms with van der Waals surface area (Å²) >= 11 is 0. The van der Waals surface area contributed by atoms with Crippen molar-refractivity contribution < 1.29 is 5.48 Å². The molecule has 0 atom stereocenters. The number of rotatable bonds is 2. The zero-order chi connectivity index (χ0) is 27.2. The van der Waals surface area contributed by atoms with E-state index in [0.717, 1.165) is 51.4 Å². The fraction of sp³-hybridized carbons (Fsp3) is 0.250. The molecule has 2 nitrogen and oxygen atoms in total. The van der Waals surface area contributed by atoms with E-state index in [1.807, 2.05) is 36.4 Å². The molecule has 174 valence electrons. The summed E-state index contributed by atoms with van der Waals surface area (Å²) in [4.78, 5) is 0. The minimum absolute atomic E-state index is 0.518. The van der Waals surface area contributed by atoms with Gasteiger partial charge >= 0.3 is 0 Å². The Hall–Kier alpha value is -3.30. The fourth-order valence-electron chi connectivity index (χ4n) is 6.09. The highest BCUT2D eigenvalue weighted by molar-refractivity contribution is 6.77. The molecule has 0 bridgehead atoms. The molecule has 0 N–H and O–H groups in total. The molecule has 0 aliphatic carbocycles. The molecule has 0 spiro atoms. The van der Waals surface area contributed by atoms with E-state index in [1.165, 1.54) is 27.4 Å². The molecule has 0 amide bonds. The third-order valence-corrected chi connectivity index (χ3v) is 11.4. The van der Waals surface area contributed by atoms with Crippen LogP contribution in [-0.4, -0.2) is 17.2 Å². The molecule has 7 rings (SSSR count). The molecular formula is C32H32N2Si. The van der Waals surface area contributed by atoms with E-state index in [4.69, 9.17) is 4.11 Å². The van der Waals surface area contributed by atoms with Crippen LogP contribution in [0.2, 0.25) is 25.2 Å². The van der Waals surface area contributed by atoms with E-state index in [-0.39, 0.29) is 0 Å². The van der Waals surface area contributed by atoms with Gasteiger partial charge in [0.15, 0.2) is 0 Å². The van der Waals surface area contributed by atoms with Gasteiger partial charge in [0.05, 0.1) is 11.0 Å². The van der Waals surface area contributed by atoms with Gasteiger partial charge in [0.25, 0.3) is 0 Å². The normalized spacial score (nSPS) is 19.6. The molecule has 0 saturated carbocycles. The molecule has 0 radical (unpaired) electrons. The first-order valence-electron chi connectivity index (χ1n) is 14.6. The van der Waals surface area contributed by atoms with E-state index in [9.17, 15) is 1.37 Å². The molecule has 6 aromatic rings. The Kier molecular flexibility index (Phi) is 3.73. The van der Waals surface area contributed by atoms with E-state index in [0.29, 0.717) is 5.52 Å². The number of aryl methyl sites for hydroxylation is 1. The molecule has 35 heavy (non-hydrogen) atoms. The quantitative estimate of drug-likeness (QED) is 0.221. The molecule has 3 heteroatoms. The van der Waals surface area contributed by atoms with Crippen LogP contribution in [0, 0.1) is 0 Å². The molecule has 3 heterocycles. The van der Waals surface area contributed by atoms with Gasteiger partial charge in [-0.05, 0) is 66.8 Å². The SMILES string of the molecule is [2H]C1(c2ccc3c(c2)c2ccccc2n3-c2ccc3c(c2)c2ccccc2n3C([2H])([2H])[2H])CC[Si](C)(C)CC1. The van der Waals surface area contributed by atoms with Crippen LogP contribution in [0.5, 0.6) is 0 Å². The van der Waals surface area contributed by atoms with Gasteiger partial charge in [0.2, 0.25) is 0 Å². The first kappa shape index (κ1) is 17.2. The summed E-state index contributed by atoms with van der Waals surface area (Å²) in [5.74, 6) is -0.518. The van der Waals surface area contributed by atoms with Gasteiger partial charge in [-0.15, -0.1) is 0 Å². The van der Waals surface area contributed by atoms with Gasteiger partial charge in [0.1, 0.15) is 0 Å². The predicted octanol–water partition coefficient (Wildman–Crippen LogP) is 9.01. The lowest BCUT2D eigenvalue weighted by Gasteiger charge is -2.33. The standard InChI is InChI=1S/C32H32N2Si/c1-33-29-10-6-4-8-25(29)28-21-24(13-15-30(28)33)34-31-11-7-5-9-26(31)27-20-23(12-14-32(27)34)22-16-18-35(2,3)19-17-22/h4-15,20-22H,16-19H2,1-3H3/i1D3,22D. The minimum atomic E-state index is -2.27. The van der Waals surface area contributed by atoms with Gasteiger partial charge in [-0.2, -0.15) is 0 Å². The summed E-state index contributed by atoms with van der Waals surface area (Å²) < 4.78 is 37.7. The van der Waals surface area contributed by atoms with Crippen molar-refractivity contribution in [1.82, 2.24) is 9.13 Å². The smallest absolute Gasteiger partial charge is 0.0541 e. The minimum Gasteiger partial charge on any atom is -0.344 e. The third-order valence-electron chi connectivity index (χ3n) is 8.20. The average Bonchev–Trinajstić information content (AvgIpc) is 3.43. The number of hydrogen-bond acceptors (Lipinski definition) is 0. The topological polar surface area (TPSA) is 9.86 Å². The van der Waals surface area contributed by atoms with Crippen molar-refractivity contribution in [3.8, 4) is 5.69 Å². The van der Waals surface area contributed by atoms with Crippen molar-refractivity contribution in [3.63, 3.8) is 0 Å². The Morgan fingerprint density at radius 3 is 2.09 bits per heavy atom. The maximum absolute atomic E-state index is 9.38. The highest BCUT2D eigenvalue weighted by Crippen LogP contribution is 2.41. The number of fused-ring (bicyclic) bond motifs is 6. The zero-order valence-corrected chi connectivity index (χ0v) is 21.3. The van der Waals surface area contributed by atoms with Gasteiger partial charge in [-0.1, -0.05) is 67.6 Å². The highest BCUT2D eigenvalue weighted by Gasteiger charge is 2.29. The van der Waals surface area contributed by atoms with Crippen LogP contribution in [0.4, 0.5) is 0 Å². The monoisotopic (exact) mass is 476 g/mol. The van der Waals surface area contributed by atoms with Crippen LogP contribution in [0.1, 0.15) is 29.8 Å². The van der Waals surface area contributed by atoms with Crippen molar-refractivity contribution in [2.45, 2.75) is 43.9 Å². The van der Waals surface area contributed by atoms with Crippen molar-refractivity contribution >= 4 is 51.7 Å². The number of aromatic nitrogens is 2. The Balaban J connectivity index is 1.45. The largest absolute Gasteiger partial charge is 0.344 e. The van der Waals surface area contributed by atoms with E-state index in [2.05, 4.69) is 66.2 Å². The summed E-state index contributed by atoms with van der Waals surface area (Å²) in [5.41, 5.74) is 5.77. The van der Waals surface area contributed by atoms with Crippen molar-refractivity contribution in [3.05, 3.63) is 90.5 Å². The zero-order valence-electron chi connectivity index (χ0n) is 24.3. The summed E-state index contributed by atoms with van der Waals surface area (Å²) in [6, 6.07) is 31.3. The van der Waals surface area contributed by atoms with Gasteiger partial charge < -0.3 is 9.13 Å². The van der Waals surface area contributed by atoms with Crippen molar-refractivity contribution in [2.75, 3.05) is 0 Å². The lowest BCUT2D eigenvalue weighted by atomic mass is 9.92. The first-order chi connectivity index (χ1) is 18.6. The van der Waals surface area contributed by atoms with Gasteiger partial charge in [-0.25, -0.2) is 0 Å². The molecule has 1 aliphatic heterocycles. The average molecular weight is 477 g/mol. The molecular weight excluding hydrogens is 440 g/mol. The molecule has 0 unspecified atom stereocenters. The molecule has 1 aliphatic rings. The maximum atomic E-state index is 9.38. The van der Waals surface area contributed by atoms with Gasteiger partial charge in [-0.3, -0.25) is 0 Å². The third kappa shape index (κ3) is 3.21. The van der Waals surface area contributed by atoms with E-state index >= 15 is 0 Å². The molecule has 4 aromatic carbocycles. The van der Waals surface area contributed by atoms with E-state index in [1.54, 1.807) is 0 Å². The first-order valence-corrected chi connectivity index (χ1v) is 16.1. The second-order valence-corrected chi connectivity index (χ2v) is 16.2. The Morgan fingerprint density at radius 1 is 0.714 bits per heavy atom. The second kappa shape index (κ2) is 7.60. The Bertz CT molecular complexity index is 1900. The van der Waals surface area contributed by atoms with Crippen LogP contribution in [0.3, 0.4) is 0 Å². The van der Waals surface area contributed by atoms with Crippen LogP contribution in [0.15, 0.2) is 84.9 Å². The Morgan fingerprint density at radius 2 is 1.31 bits per heavy atom. The van der Waals surface area contributed by atoms with Crippen LogP contribution < -0.4 is 0 Å². The van der Waals surface area contributed by atoms with Crippen molar-refractivity contribution in [2.24, 2.45) is 6.98 Å². The second-order valence-electron chi connectivity index (χ2n) is 10.9. The summed E-state index contributed by atoms with van der Waals surface area (Å²) in [6.45, 7) is 2.64. The van der Waals surface area contributed by atoms with Crippen LogP contribution >= 0.6 is 0 Å². The van der Waals surface area contributed by atoms with Crippen LogP contribution in [-0.2, 0) is 6.98 Å². The number of benzene rings is 4. The predicted molar refractivity (Wildman–Crippen MR) is 154 cm³/mol. The lowest BCUT2D eigenvalue weighted by molar-refractivity contribution is 0.602. The number of hydrogen-bond donors (Lipinski definition) is 0. The summed E-state index contributed by atoms with van der Waals surface area (Å²) in [6.07, 6.45) is 1.89. The Labute approximate surface area is 213 Å². The van der Waals surface area contributed by atoms with E-state index < -0.39 is 20.9 Å². The summed E-state index contributed by atoms with van der Waals surface area (Å²) in [7, 11) is -1.16. The molecule has 1 saturated heterocycles.